The lowest BCUT2D eigenvalue weighted by atomic mass is 10.1. The van der Waals surface area contributed by atoms with Crippen molar-refractivity contribution in [3.05, 3.63) is 0 Å². The van der Waals surface area contributed by atoms with Gasteiger partial charge in [0.1, 0.15) is 6.10 Å². The molecular formula is C7H12O4. The average Bonchev–Trinajstić information content (AvgIpc) is 2.64. The van der Waals surface area contributed by atoms with E-state index in [1.807, 2.05) is 6.92 Å². The molecule has 0 amide bonds. The van der Waals surface area contributed by atoms with Crippen molar-refractivity contribution in [1.82, 2.24) is 0 Å². The van der Waals surface area contributed by atoms with Gasteiger partial charge in [0.25, 0.3) is 0 Å². The molecule has 2 fully saturated rings. The lowest BCUT2D eigenvalue weighted by Crippen LogP contribution is -2.39. The average molecular weight is 160 g/mol. The van der Waals surface area contributed by atoms with Crippen LogP contribution in [-0.2, 0) is 14.2 Å². The second-order valence-corrected chi connectivity index (χ2v) is 3.05. The van der Waals surface area contributed by atoms with E-state index in [0.29, 0.717) is 6.42 Å². The second kappa shape index (κ2) is 2.17. The molecule has 4 heteroatoms. The third-order valence-electron chi connectivity index (χ3n) is 2.31. The molecule has 0 aromatic rings. The summed E-state index contributed by atoms with van der Waals surface area (Å²) < 4.78 is 15.5. The maximum atomic E-state index is 9.19. The molecule has 0 aromatic heterocycles. The number of epoxide rings is 1. The van der Waals surface area contributed by atoms with Crippen LogP contribution < -0.4 is 0 Å². The summed E-state index contributed by atoms with van der Waals surface area (Å²) in [5, 5.41) is 9.19. The highest BCUT2D eigenvalue weighted by molar-refractivity contribution is 5.01. The maximum absolute atomic E-state index is 9.19. The van der Waals surface area contributed by atoms with Gasteiger partial charge in [-0.3, -0.25) is 0 Å². The summed E-state index contributed by atoms with van der Waals surface area (Å²) in [4.78, 5) is 0. The van der Waals surface area contributed by atoms with Crippen LogP contribution >= 0.6 is 0 Å². The number of hydrogen-bond acceptors (Lipinski definition) is 4. The van der Waals surface area contributed by atoms with E-state index in [1.165, 1.54) is 0 Å². The zero-order valence-corrected chi connectivity index (χ0v) is 6.61. The number of hydrogen-bond donors (Lipinski definition) is 1. The molecule has 4 nitrogen and oxygen atoms in total. The van der Waals surface area contributed by atoms with E-state index >= 15 is 0 Å². The minimum atomic E-state index is -0.747. The first-order valence-corrected chi connectivity index (χ1v) is 3.74. The Labute approximate surface area is 65.1 Å². The van der Waals surface area contributed by atoms with E-state index in [2.05, 4.69) is 0 Å². The van der Waals surface area contributed by atoms with Crippen molar-refractivity contribution in [2.24, 2.45) is 0 Å². The standard InChI is InChI=1S/C7H12O4/c1-4-6-7(9-2,11-6)3-5(8)10-4/h4-6,8H,3H2,1-2H3. The molecule has 0 bridgehead atoms. The Kier molecular flexibility index (Phi) is 1.47. The van der Waals surface area contributed by atoms with Gasteiger partial charge in [0.15, 0.2) is 6.29 Å². The van der Waals surface area contributed by atoms with Crippen LogP contribution in [0.1, 0.15) is 13.3 Å². The molecule has 2 aliphatic rings. The van der Waals surface area contributed by atoms with Crippen LogP contribution in [-0.4, -0.2) is 36.5 Å². The molecular weight excluding hydrogens is 148 g/mol. The van der Waals surface area contributed by atoms with E-state index in [-0.39, 0.29) is 12.2 Å². The molecule has 2 aliphatic heterocycles. The molecule has 0 aliphatic carbocycles. The van der Waals surface area contributed by atoms with Gasteiger partial charge in [-0.05, 0) is 6.92 Å². The zero-order valence-electron chi connectivity index (χ0n) is 6.61. The Morgan fingerprint density at radius 3 is 3.00 bits per heavy atom. The van der Waals surface area contributed by atoms with E-state index in [0.717, 1.165) is 0 Å². The van der Waals surface area contributed by atoms with Crippen LogP contribution in [0.5, 0.6) is 0 Å². The Bertz CT molecular complexity index is 172. The minimum Gasteiger partial charge on any atom is -0.368 e. The van der Waals surface area contributed by atoms with E-state index < -0.39 is 12.1 Å². The predicted octanol–water partition coefficient (Wildman–Crippen LogP) is -0.145. The van der Waals surface area contributed by atoms with Crippen LogP contribution in [0.2, 0.25) is 0 Å². The van der Waals surface area contributed by atoms with Gasteiger partial charge < -0.3 is 19.3 Å². The molecule has 4 atom stereocenters. The highest BCUT2D eigenvalue weighted by atomic mass is 16.8. The summed E-state index contributed by atoms with van der Waals surface area (Å²) >= 11 is 0. The smallest absolute Gasteiger partial charge is 0.202 e. The van der Waals surface area contributed by atoms with E-state index in [4.69, 9.17) is 14.2 Å². The molecule has 0 aromatic carbocycles. The lowest BCUT2D eigenvalue weighted by Gasteiger charge is -2.25. The summed E-state index contributed by atoms with van der Waals surface area (Å²) in [6.45, 7) is 1.87. The van der Waals surface area contributed by atoms with Crippen LogP contribution in [0.4, 0.5) is 0 Å². The van der Waals surface area contributed by atoms with Gasteiger partial charge in [0, 0.05) is 7.11 Å². The van der Waals surface area contributed by atoms with Crippen molar-refractivity contribution in [3.8, 4) is 0 Å². The topological polar surface area (TPSA) is 51.2 Å². The molecule has 2 heterocycles. The van der Waals surface area contributed by atoms with Crippen molar-refractivity contribution in [1.29, 1.82) is 0 Å². The van der Waals surface area contributed by atoms with E-state index in [9.17, 15) is 5.11 Å². The van der Waals surface area contributed by atoms with Crippen LogP contribution in [0, 0.1) is 0 Å². The largest absolute Gasteiger partial charge is 0.368 e. The predicted molar refractivity (Wildman–Crippen MR) is 35.8 cm³/mol. The highest BCUT2D eigenvalue weighted by Crippen LogP contribution is 2.47. The maximum Gasteiger partial charge on any atom is 0.202 e. The molecule has 1 N–H and O–H groups in total. The fourth-order valence-electron chi connectivity index (χ4n) is 1.66. The van der Waals surface area contributed by atoms with Crippen molar-refractivity contribution in [3.63, 3.8) is 0 Å². The zero-order chi connectivity index (χ0) is 8.06. The first kappa shape index (κ1) is 7.49. The van der Waals surface area contributed by atoms with Gasteiger partial charge in [0.2, 0.25) is 5.79 Å². The SMILES string of the molecule is COC12CC(O)OC(C)C1O2. The first-order valence-electron chi connectivity index (χ1n) is 3.74. The molecule has 4 unspecified atom stereocenters. The molecule has 2 saturated heterocycles. The Morgan fingerprint density at radius 2 is 2.36 bits per heavy atom. The van der Waals surface area contributed by atoms with Crippen molar-refractivity contribution < 1.29 is 19.3 Å². The second-order valence-electron chi connectivity index (χ2n) is 3.05. The van der Waals surface area contributed by atoms with Crippen molar-refractivity contribution >= 4 is 0 Å². The fraction of sp³-hybridized carbons (Fsp3) is 1.00. The Hall–Kier alpha value is -0.160. The van der Waals surface area contributed by atoms with Gasteiger partial charge >= 0.3 is 0 Å². The summed E-state index contributed by atoms with van der Waals surface area (Å²) in [6, 6.07) is 0. The molecule has 64 valence electrons. The molecule has 2 rings (SSSR count). The number of ether oxygens (including phenoxy) is 3. The normalized spacial score (nSPS) is 55.4. The first-order chi connectivity index (χ1) is 5.18. The van der Waals surface area contributed by atoms with Gasteiger partial charge in [-0.25, -0.2) is 0 Å². The number of methoxy groups -OCH3 is 1. The Balaban J connectivity index is 2.08. The number of rotatable bonds is 1. The molecule has 0 spiro atoms. The van der Waals surface area contributed by atoms with E-state index in [1.54, 1.807) is 7.11 Å². The molecule has 11 heavy (non-hydrogen) atoms. The molecule has 0 saturated carbocycles. The van der Waals surface area contributed by atoms with Crippen LogP contribution in [0.3, 0.4) is 0 Å². The van der Waals surface area contributed by atoms with Gasteiger partial charge in [-0.2, -0.15) is 0 Å². The number of aliphatic hydroxyl groups excluding tert-OH is 1. The third-order valence-corrected chi connectivity index (χ3v) is 2.31. The Morgan fingerprint density at radius 1 is 1.64 bits per heavy atom. The highest BCUT2D eigenvalue weighted by Gasteiger charge is 2.64. The number of aliphatic hydroxyl groups is 1. The summed E-state index contributed by atoms with van der Waals surface area (Å²) in [5.74, 6) is -0.545. The van der Waals surface area contributed by atoms with Gasteiger partial charge in [0.05, 0.1) is 12.5 Å². The van der Waals surface area contributed by atoms with Gasteiger partial charge in [-0.15, -0.1) is 0 Å². The van der Waals surface area contributed by atoms with Gasteiger partial charge in [-0.1, -0.05) is 0 Å². The van der Waals surface area contributed by atoms with Crippen LogP contribution in [0.15, 0.2) is 0 Å². The van der Waals surface area contributed by atoms with Crippen molar-refractivity contribution in [2.75, 3.05) is 7.11 Å². The third kappa shape index (κ3) is 0.980. The molecule has 0 radical (unpaired) electrons. The lowest BCUT2D eigenvalue weighted by molar-refractivity contribution is -0.184. The summed E-state index contributed by atoms with van der Waals surface area (Å²) in [6.07, 6.45) is -0.392. The summed E-state index contributed by atoms with van der Waals surface area (Å²) in [5.41, 5.74) is 0. The quantitative estimate of drug-likeness (QED) is 0.542. The fourth-order valence-corrected chi connectivity index (χ4v) is 1.66. The van der Waals surface area contributed by atoms with Crippen molar-refractivity contribution in [2.45, 2.75) is 37.6 Å². The minimum absolute atomic E-state index is 0.0101. The number of fused-ring (bicyclic) bond motifs is 1. The monoisotopic (exact) mass is 160 g/mol. The summed E-state index contributed by atoms with van der Waals surface area (Å²) in [7, 11) is 1.59. The van der Waals surface area contributed by atoms with Crippen LogP contribution in [0.25, 0.3) is 0 Å².